The van der Waals surface area contributed by atoms with E-state index in [-0.39, 0.29) is 10.6 Å². The number of nitro benzene ring substituents is 1. The summed E-state index contributed by atoms with van der Waals surface area (Å²) >= 11 is 0. The molecule has 1 saturated carbocycles. The average Bonchev–Trinajstić information content (AvgIpc) is 2.38. The maximum absolute atomic E-state index is 10.5. The number of nitro groups is 1. The first kappa shape index (κ1) is 12.0. The largest absolute Gasteiger partial charge is 0.340 e. The normalized spacial score (nSPS) is 16.9. The topological polar surface area (TPSA) is 59.8 Å². The first-order chi connectivity index (χ1) is 8.25. The van der Waals surface area contributed by atoms with Gasteiger partial charge in [-0.3, -0.25) is 10.1 Å². The quantitative estimate of drug-likeness (QED) is 0.641. The fourth-order valence-electron chi connectivity index (χ4n) is 2.43. The Morgan fingerprint density at radius 2 is 1.82 bits per heavy atom. The lowest BCUT2D eigenvalue weighted by Gasteiger charge is -2.19. The first-order valence-corrected chi connectivity index (χ1v) is 6.32. The predicted octanol–water partition coefficient (Wildman–Crippen LogP) is 1.99. The molecule has 1 fully saturated rings. The third kappa shape index (κ3) is 3.53. The van der Waals surface area contributed by atoms with E-state index in [4.69, 9.17) is 0 Å². The first-order valence-electron chi connectivity index (χ1n) is 6.32. The summed E-state index contributed by atoms with van der Waals surface area (Å²) < 4.78 is 0. The van der Waals surface area contributed by atoms with Crippen molar-refractivity contribution in [2.45, 2.75) is 44.7 Å². The van der Waals surface area contributed by atoms with Gasteiger partial charge in [-0.2, -0.15) is 0 Å². The molecule has 92 valence electrons. The summed E-state index contributed by atoms with van der Waals surface area (Å²) in [5, 5.41) is 12.9. The van der Waals surface area contributed by atoms with Crippen LogP contribution in [0.15, 0.2) is 24.3 Å². The van der Waals surface area contributed by atoms with Gasteiger partial charge in [0, 0.05) is 17.7 Å². The van der Waals surface area contributed by atoms with Crippen LogP contribution < -0.4 is 5.32 Å². The summed E-state index contributed by atoms with van der Waals surface area (Å²) in [5.41, 5.74) is 1.34. The Hall–Kier alpha value is -1.42. The molecular formula is C13H19N2O2+. The number of benzene rings is 1. The van der Waals surface area contributed by atoms with Gasteiger partial charge in [0.2, 0.25) is 0 Å². The Morgan fingerprint density at radius 1 is 1.18 bits per heavy atom. The van der Waals surface area contributed by atoms with Gasteiger partial charge in [-0.25, -0.2) is 0 Å². The zero-order valence-electron chi connectivity index (χ0n) is 9.97. The Balaban J connectivity index is 1.84. The van der Waals surface area contributed by atoms with E-state index in [0.29, 0.717) is 0 Å². The maximum Gasteiger partial charge on any atom is 0.269 e. The molecule has 1 aromatic carbocycles. The summed E-state index contributed by atoms with van der Waals surface area (Å²) in [7, 11) is 0. The molecule has 1 aliphatic carbocycles. The summed E-state index contributed by atoms with van der Waals surface area (Å²) in [4.78, 5) is 10.2. The number of nitrogens with two attached hydrogens (primary N) is 1. The van der Waals surface area contributed by atoms with E-state index in [9.17, 15) is 10.1 Å². The minimum Gasteiger partial charge on any atom is -0.340 e. The summed E-state index contributed by atoms with van der Waals surface area (Å²) in [6.45, 7) is 0.933. The molecule has 0 aromatic heterocycles. The molecule has 4 nitrogen and oxygen atoms in total. The van der Waals surface area contributed by atoms with E-state index >= 15 is 0 Å². The molecule has 17 heavy (non-hydrogen) atoms. The molecular weight excluding hydrogens is 216 g/mol. The van der Waals surface area contributed by atoms with Crippen molar-refractivity contribution in [3.05, 3.63) is 39.9 Å². The smallest absolute Gasteiger partial charge is 0.269 e. The Kier molecular flexibility index (Phi) is 4.09. The molecule has 0 aliphatic heterocycles. The van der Waals surface area contributed by atoms with Crippen LogP contribution in [0.1, 0.15) is 37.7 Å². The lowest BCUT2D eigenvalue weighted by Crippen LogP contribution is -2.88. The van der Waals surface area contributed by atoms with Gasteiger partial charge in [0.05, 0.1) is 11.0 Å². The fourth-order valence-corrected chi connectivity index (χ4v) is 2.43. The van der Waals surface area contributed by atoms with E-state index in [0.717, 1.165) is 12.6 Å². The highest BCUT2D eigenvalue weighted by molar-refractivity contribution is 5.32. The molecule has 2 N–H and O–H groups in total. The number of hydrogen-bond acceptors (Lipinski definition) is 2. The molecule has 1 aromatic rings. The molecule has 0 amide bonds. The highest BCUT2D eigenvalue weighted by Gasteiger charge is 2.15. The summed E-state index contributed by atoms with van der Waals surface area (Å²) in [6.07, 6.45) is 6.70. The van der Waals surface area contributed by atoms with Crippen LogP contribution in [-0.2, 0) is 6.54 Å². The van der Waals surface area contributed by atoms with E-state index in [1.54, 1.807) is 12.1 Å². The molecule has 0 atom stereocenters. The van der Waals surface area contributed by atoms with Crippen LogP contribution in [0.4, 0.5) is 5.69 Å². The van der Waals surface area contributed by atoms with Crippen molar-refractivity contribution >= 4 is 5.69 Å². The monoisotopic (exact) mass is 235 g/mol. The molecule has 1 aliphatic rings. The third-order valence-corrected chi connectivity index (χ3v) is 3.48. The molecule has 0 radical (unpaired) electrons. The predicted molar refractivity (Wildman–Crippen MR) is 65.6 cm³/mol. The van der Waals surface area contributed by atoms with Gasteiger partial charge in [0.15, 0.2) is 0 Å². The van der Waals surface area contributed by atoms with Gasteiger partial charge in [0.25, 0.3) is 5.69 Å². The van der Waals surface area contributed by atoms with Gasteiger partial charge >= 0.3 is 0 Å². The minimum absolute atomic E-state index is 0.173. The van der Waals surface area contributed by atoms with Crippen LogP contribution in [0, 0.1) is 10.1 Å². The Bertz CT molecular complexity index is 370. The number of rotatable bonds is 4. The lowest BCUT2D eigenvalue weighted by atomic mass is 9.95. The van der Waals surface area contributed by atoms with Gasteiger partial charge in [-0.1, -0.05) is 6.42 Å². The minimum atomic E-state index is -0.353. The molecule has 0 unspecified atom stereocenters. The molecule has 0 spiro atoms. The summed E-state index contributed by atoms with van der Waals surface area (Å²) in [5.74, 6) is 0. The molecule has 4 heteroatoms. The fraction of sp³-hybridized carbons (Fsp3) is 0.538. The standard InChI is InChI=1S/C13H18N2O2/c16-15(17)13-8-6-11(7-9-13)10-14-12-4-2-1-3-5-12/h6-9,12,14H,1-5,10H2/p+1. The van der Waals surface area contributed by atoms with Gasteiger partial charge in [0.1, 0.15) is 6.54 Å². The SMILES string of the molecule is O=[N+]([O-])c1ccc(C[NH2+]C2CCCCC2)cc1. The van der Waals surface area contributed by atoms with E-state index in [1.165, 1.54) is 37.7 Å². The second-order valence-corrected chi connectivity index (χ2v) is 4.76. The number of quaternary nitrogens is 1. The molecule has 0 saturated heterocycles. The van der Waals surface area contributed by atoms with Crippen LogP contribution in [0.5, 0.6) is 0 Å². The van der Waals surface area contributed by atoms with Gasteiger partial charge in [-0.05, 0) is 37.8 Å². The van der Waals surface area contributed by atoms with Crippen molar-refractivity contribution in [1.82, 2.24) is 0 Å². The van der Waals surface area contributed by atoms with Crippen molar-refractivity contribution in [1.29, 1.82) is 0 Å². The highest BCUT2D eigenvalue weighted by atomic mass is 16.6. The highest BCUT2D eigenvalue weighted by Crippen LogP contribution is 2.15. The maximum atomic E-state index is 10.5. The molecule has 0 bridgehead atoms. The second kappa shape index (κ2) is 5.77. The van der Waals surface area contributed by atoms with Crippen molar-refractivity contribution in [2.75, 3.05) is 0 Å². The zero-order valence-corrected chi connectivity index (χ0v) is 9.97. The van der Waals surface area contributed by atoms with Crippen LogP contribution in [-0.4, -0.2) is 11.0 Å². The Morgan fingerprint density at radius 3 is 2.41 bits per heavy atom. The summed E-state index contributed by atoms with van der Waals surface area (Å²) in [6, 6.07) is 7.64. The zero-order chi connectivity index (χ0) is 12.1. The second-order valence-electron chi connectivity index (χ2n) is 4.76. The van der Waals surface area contributed by atoms with Gasteiger partial charge < -0.3 is 5.32 Å². The molecule has 0 heterocycles. The van der Waals surface area contributed by atoms with Crippen molar-refractivity contribution in [3.63, 3.8) is 0 Å². The van der Waals surface area contributed by atoms with E-state index < -0.39 is 0 Å². The van der Waals surface area contributed by atoms with E-state index in [1.807, 2.05) is 12.1 Å². The van der Waals surface area contributed by atoms with Crippen LogP contribution in [0.2, 0.25) is 0 Å². The average molecular weight is 235 g/mol. The van der Waals surface area contributed by atoms with Crippen LogP contribution >= 0.6 is 0 Å². The van der Waals surface area contributed by atoms with Crippen LogP contribution in [0.25, 0.3) is 0 Å². The molecule has 2 rings (SSSR count). The van der Waals surface area contributed by atoms with E-state index in [2.05, 4.69) is 5.32 Å². The van der Waals surface area contributed by atoms with Crippen molar-refractivity contribution in [3.8, 4) is 0 Å². The third-order valence-electron chi connectivity index (χ3n) is 3.48. The number of non-ortho nitro benzene ring substituents is 1. The number of hydrogen-bond donors (Lipinski definition) is 1. The van der Waals surface area contributed by atoms with Crippen LogP contribution in [0.3, 0.4) is 0 Å². The Labute approximate surface area is 101 Å². The van der Waals surface area contributed by atoms with Crippen molar-refractivity contribution in [2.24, 2.45) is 0 Å². The van der Waals surface area contributed by atoms with Crippen molar-refractivity contribution < 1.29 is 10.2 Å². The van der Waals surface area contributed by atoms with Gasteiger partial charge in [-0.15, -0.1) is 0 Å². The lowest BCUT2D eigenvalue weighted by molar-refractivity contribution is -0.706. The number of nitrogens with zero attached hydrogens (tertiary/aromatic N) is 1.